The third kappa shape index (κ3) is 7.17. The van der Waals surface area contributed by atoms with Gasteiger partial charge in [-0.3, -0.25) is 9.59 Å². The molecule has 0 saturated heterocycles. The molecule has 1 amide bonds. The molecule has 1 aromatic carbocycles. The van der Waals surface area contributed by atoms with Gasteiger partial charge in [-0.2, -0.15) is 5.26 Å². The molecule has 0 aromatic heterocycles. The van der Waals surface area contributed by atoms with E-state index in [-0.39, 0.29) is 24.7 Å². The fourth-order valence-corrected chi connectivity index (χ4v) is 2.88. The fraction of sp³-hybridized carbons (Fsp3) is 0.438. The number of aliphatic carboxylic acids is 1. The van der Waals surface area contributed by atoms with Gasteiger partial charge in [0.1, 0.15) is 0 Å². The van der Waals surface area contributed by atoms with Gasteiger partial charge in [0, 0.05) is 12.9 Å². The number of carboxylic acids is 1. The molecule has 0 saturated carbocycles. The number of thioether (sulfide) groups is 1. The van der Waals surface area contributed by atoms with Crippen LogP contribution < -0.4 is 5.32 Å². The Morgan fingerprint density at radius 2 is 2.04 bits per heavy atom. The predicted molar refractivity (Wildman–Crippen MR) is 88.0 cm³/mol. The average Bonchev–Trinajstić information content (AvgIpc) is 2.47. The van der Waals surface area contributed by atoms with Crippen LogP contribution in [0.3, 0.4) is 0 Å². The smallest absolute Gasteiger partial charge is 0.305 e. The fourth-order valence-electron chi connectivity index (χ4n) is 2.09. The van der Waals surface area contributed by atoms with Crippen molar-refractivity contribution >= 4 is 23.6 Å². The minimum atomic E-state index is -0.991. The normalized spacial score (nSPS) is 12.9. The first kappa shape index (κ1) is 19.0. The average molecular weight is 336 g/mol. The topological polar surface area (TPSA) is 99.4 Å². The first-order valence-electron chi connectivity index (χ1n) is 6.97. The molecule has 1 aromatic rings. The summed E-state index contributed by atoms with van der Waals surface area (Å²) in [5.74, 6) is -0.364. The number of carbonyl (C=O) groups excluding carboxylic acids is 1. The van der Waals surface area contributed by atoms with E-state index >= 15 is 0 Å². The second-order valence-corrected chi connectivity index (χ2v) is 6.40. The van der Waals surface area contributed by atoms with Crippen LogP contribution in [0.4, 0.5) is 0 Å². The van der Waals surface area contributed by atoms with Crippen LogP contribution >= 0.6 is 11.8 Å². The number of benzene rings is 1. The summed E-state index contributed by atoms with van der Waals surface area (Å²) in [6.45, 7) is 1.78. The van der Waals surface area contributed by atoms with Crippen LogP contribution in [0.1, 0.15) is 24.5 Å². The lowest BCUT2D eigenvalue weighted by Crippen LogP contribution is -2.51. The van der Waals surface area contributed by atoms with Crippen molar-refractivity contribution in [2.45, 2.75) is 24.6 Å². The van der Waals surface area contributed by atoms with Gasteiger partial charge in [-0.1, -0.05) is 12.1 Å². The molecule has 23 heavy (non-hydrogen) atoms. The molecule has 0 bridgehead atoms. The molecule has 1 atom stereocenters. The number of nitriles is 1. The highest BCUT2D eigenvalue weighted by molar-refractivity contribution is 7.99. The molecule has 0 aliphatic rings. The van der Waals surface area contributed by atoms with Gasteiger partial charge < -0.3 is 15.2 Å². The van der Waals surface area contributed by atoms with Crippen molar-refractivity contribution in [2.24, 2.45) is 0 Å². The van der Waals surface area contributed by atoms with E-state index in [1.54, 1.807) is 19.1 Å². The molecule has 6 nitrogen and oxygen atoms in total. The van der Waals surface area contributed by atoms with Crippen molar-refractivity contribution in [2.75, 3.05) is 19.5 Å². The van der Waals surface area contributed by atoms with Crippen molar-refractivity contribution in [1.82, 2.24) is 5.32 Å². The zero-order valence-electron chi connectivity index (χ0n) is 13.2. The molecule has 0 spiro atoms. The Morgan fingerprint density at radius 1 is 1.39 bits per heavy atom. The number of ether oxygens (including phenoxy) is 1. The Labute approximate surface area is 139 Å². The van der Waals surface area contributed by atoms with Crippen molar-refractivity contribution < 1.29 is 19.4 Å². The van der Waals surface area contributed by atoms with Crippen LogP contribution in [0.5, 0.6) is 0 Å². The van der Waals surface area contributed by atoms with Crippen LogP contribution in [0.25, 0.3) is 0 Å². The van der Waals surface area contributed by atoms with E-state index in [1.807, 2.05) is 12.1 Å². The zero-order valence-corrected chi connectivity index (χ0v) is 14.0. The summed E-state index contributed by atoms with van der Waals surface area (Å²) in [5, 5.41) is 20.4. The van der Waals surface area contributed by atoms with E-state index in [9.17, 15) is 9.59 Å². The summed E-state index contributed by atoms with van der Waals surface area (Å²) < 4.78 is 4.99. The molecular weight excluding hydrogens is 316 g/mol. The second kappa shape index (κ2) is 9.18. The Bertz CT molecular complexity index is 583. The molecular formula is C16H20N2O4S. The first-order valence-corrected chi connectivity index (χ1v) is 8.12. The summed E-state index contributed by atoms with van der Waals surface area (Å²) in [6, 6.07) is 9.22. The standard InChI is InChI=1S/C16H20N2O4S/c1-16(11-22-2,7-15(20)21)18-14(19)10-23-9-13-5-3-12(8-17)4-6-13/h3-6H,7,9-11H2,1-2H3,(H,18,19)(H,20,21). The lowest BCUT2D eigenvalue weighted by atomic mass is 9.99. The van der Waals surface area contributed by atoms with E-state index in [4.69, 9.17) is 15.1 Å². The molecule has 7 heteroatoms. The van der Waals surface area contributed by atoms with Gasteiger partial charge in [0.2, 0.25) is 5.91 Å². The number of carboxylic acid groups (broad SMARTS) is 1. The third-order valence-electron chi connectivity index (χ3n) is 3.03. The maximum Gasteiger partial charge on any atom is 0.305 e. The molecule has 0 aliphatic heterocycles. The third-order valence-corrected chi connectivity index (χ3v) is 4.03. The SMILES string of the molecule is COCC(C)(CC(=O)O)NC(=O)CSCc1ccc(C#N)cc1. The highest BCUT2D eigenvalue weighted by Gasteiger charge is 2.29. The number of nitrogens with zero attached hydrogens (tertiary/aromatic N) is 1. The monoisotopic (exact) mass is 336 g/mol. The van der Waals surface area contributed by atoms with E-state index in [1.165, 1.54) is 18.9 Å². The van der Waals surface area contributed by atoms with Crippen LogP contribution in [-0.4, -0.2) is 42.0 Å². The van der Waals surface area contributed by atoms with E-state index in [0.717, 1.165) is 5.56 Å². The van der Waals surface area contributed by atoms with Gasteiger partial charge in [0.05, 0.1) is 36.0 Å². The first-order chi connectivity index (χ1) is 10.9. The largest absolute Gasteiger partial charge is 0.481 e. The number of carbonyl (C=O) groups is 2. The predicted octanol–water partition coefficient (Wildman–Crippen LogP) is 1.79. The van der Waals surface area contributed by atoms with Gasteiger partial charge >= 0.3 is 5.97 Å². The summed E-state index contributed by atoms with van der Waals surface area (Å²) in [5.41, 5.74) is 0.694. The number of amides is 1. The molecule has 0 aliphatic carbocycles. The van der Waals surface area contributed by atoms with Crippen molar-refractivity contribution in [1.29, 1.82) is 5.26 Å². The van der Waals surface area contributed by atoms with Crippen molar-refractivity contribution in [3.63, 3.8) is 0 Å². The Hall–Kier alpha value is -2.04. The number of rotatable bonds is 9. The molecule has 1 unspecified atom stereocenters. The summed E-state index contributed by atoms with van der Waals surface area (Å²) in [7, 11) is 1.46. The Morgan fingerprint density at radius 3 is 2.57 bits per heavy atom. The Balaban J connectivity index is 2.45. The van der Waals surface area contributed by atoms with Crippen LogP contribution in [0.15, 0.2) is 24.3 Å². The maximum absolute atomic E-state index is 12.0. The highest BCUT2D eigenvalue weighted by Crippen LogP contribution is 2.15. The minimum absolute atomic E-state index is 0.130. The van der Waals surface area contributed by atoms with Crippen LogP contribution in [0, 0.1) is 11.3 Å². The number of hydrogen-bond donors (Lipinski definition) is 2. The van der Waals surface area contributed by atoms with E-state index in [0.29, 0.717) is 11.3 Å². The molecule has 1 rings (SSSR count). The summed E-state index contributed by atoms with van der Waals surface area (Å²) in [4.78, 5) is 22.9. The molecule has 124 valence electrons. The van der Waals surface area contributed by atoms with Crippen molar-refractivity contribution in [3.8, 4) is 6.07 Å². The zero-order chi connectivity index (χ0) is 17.3. The van der Waals surface area contributed by atoms with Crippen LogP contribution in [0.2, 0.25) is 0 Å². The van der Waals surface area contributed by atoms with E-state index in [2.05, 4.69) is 11.4 Å². The quantitative estimate of drug-likeness (QED) is 0.713. The second-order valence-electron chi connectivity index (χ2n) is 5.41. The lowest BCUT2D eigenvalue weighted by molar-refractivity contribution is -0.139. The molecule has 2 N–H and O–H groups in total. The van der Waals surface area contributed by atoms with Gasteiger partial charge in [-0.25, -0.2) is 0 Å². The van der Waals surface area contributed by atoms with Crippen LogP contribution in [-0.2, 0) is 20.1 Å². The van der Waals surface area contributed by atoms with Crippen molar-refractivity contribution in [3.05, 3.63) is 35.4 Å². The molecule has 0 heterocycles. The van der Waals surface area contributed by atoms with Gasteiger partial charge in [-0.05, 0) is 24.6 Å². The molecule has 0 fully saturated rings. The van der Waals surface area contributed by atoms with E-state index < -0.39 is 11.5 Å². The highest BCUT2D eigenvalue weighted by atomic mass is 32.2. The Kier molecular flexibility index (Phi) is 7.59. The molecule has 0 radical (unpaired) electrons. The van der Waals surface area contributed by atoms with Gasteiger partial charge in [-0.15, -0.1) is 11.8 Å². The van der Waals surface area contributed by atoms with Gasteiger partial charge in [0.15, 0.2) is 0 Å². The summed E-state index contributed by atoms with van der Waals surface area (Å²) in [6.07, 6.45) is -0.202. The summed E-state index contributed by atoms with van der Waals surface area (Å²) >= 11 is 1.42. The van der Waals surface area contributed by atoms with Gasteiger partial charge in [0.25, 0.3) is 0 Å². The number of methoxy groups -OCH3 is 1. The number of hydrogen-bond acceptors (Lipinski definition) is 5. The lowest BCUT2D eigenvalue weighted by Gasteiger charge is -2.28. The maximum atomic E-state index is 12.0. The minimum Gasteiger partial charge on any atom is -0.481 e. The number of nitrogens with one attached hydrogen (secondary N) is 1.